The summed E-state index contributed by atoms with van der Waals surface area (Å²) in [6, 6.07) is 5.78. The van der Waals surface area contributed by atoms with E-state index in [-0.39, 0.29) is 12.4 Å². The van der Waals surface area contributed by atoms with E-state index in [9.17, 15) is 4.79 Å². The summed E-state index contributed by atoms with van der Waals surface area (Å²) in [4.78, 5) is 14.0. The maximum atomic E-state index is 11.5. The number of Topliss-reactive ketones (excluding diaryl/α,β-unsaturated/α-hetero) is 1. The van der Waals surface area contributed by atoms with Gasteiger partial charge in [0.2, 0.25) is 0 Å². The van der Waals surface area contributed by atoms with E-state index in [0.717, 1.165) is 24.3 Å². The number of likely N-dealkylation sites (tertiary alicyclic amines) is 1. The molecule has 0 aliphatic carbocycles. The number of hydrogen-bond donors (Lipinski definition) is 1. The van der Waals surface area contributed by atoms with Crippen LogP contribution >= 0.6 is 0 Å². The van der Waals surface area contributed by atoms with Gasteiger partial charge in [0.15, 0.2) is 11.9 Å². The fraction of sp³-hybridized carbons (Fsp3) is 0.667. The number of nitrogens with zero attached hydrogens (tertiary/aromatic N) is 1. The van der Waals surface area contributed by atoms with Gasteiger partial charge in [-0.2, -0.15) is 0 Å². The van der Waals surface area contributed by atoms with E-state index in [1.807, 2.05) is 18.2 Å². The second kappa shape index (κ2) is 11.2. The molecule has 0 spiro atoms. The quantitative estimate of drug-likeness (QED) is 0.612. The van der Waals surface area contributed by atoms with E-state index in [1.54, 1.807) is 6.92 Å². The molecule has 0 bridgehead atoms. The molecule has 0 amide bonds. The van der Waals surface area contributed by atoms with Crippen LogP contribution in [0.2, 0.25) is 0 Å². The molecule has 1 saturated heterocycles. The summed E-state index contributed by atoms with van der Waals surface area (Å²) >= 11 is 0. The van der Waals surface area contributed by atoms with Crippen LogP contribution in [0, 0.1) is 0 Å². The van der Waals surface area contributed by atoms with E-state index in [4.69, 9.17) is 14.6 Å². The number of hydrogen-bond acceptors (Lipinski definition) is 5. The van der Waals surface area contributed by atoms with E-state index in [2.05, 4.69) is 4.90 Å². The van der Waals surface area contributed by atoms with Crippen molar-refractivity contribution in [3.05, 3.63) is 23.8 Å². The summed E-state index contributed by atoms with van der Waals surface area (Å²) in [6.07, 6.45) is 5.88. The molecule has 1 aromatic carbocycles. The summed E-state index contributed by atoms with van der Waals surface area (Å²) in [6.45, 7) is 7.59. The van der Waals surface area contributed by atoms with Crippen molar-refractivity contribution < 1.29 is 19.4 Å². The first-order chi connectivity index (χ1) is 12.6. The molecule has 2 rings (SSSR count). The van der Waals surface area contributed by atoms with Crippen LogP contribution in [0.3, 0.4) is 0 Å². The van der Waals surface area contributed by atoms with Gasteiger partial charge in [0.25, 0.3) is 0 Å². The first kappa shape index (κ1) is 20.7. The predicted octanol–water partition coefficient (Wildman–Crippen LogP) is 3.22. The number of piperidine rings is 1. The lowest BCUT2D eigenvalue weighted by Crippen LogP contribution is -2.31. The summed E-state index contributed by atoms with van der Waals surface area (Å²) in [7, 11) is 0. The van der Waals surface area contributed by atoms with Gasteiger partial charge in [0.1, 0.15) is 11.5 Å². The summed E-state index contributed by atoms with van der Waals surface area (Å²) in [5, 5.41) is 9.07. The fourth-order valence-electron chi connectivity index (χ4n) is 3.15. The molecule has 146 valence electrons. The Morgan fingerprint density at radius 3 is 2.69 bits per heavy atom. The van der Waals surface area contributed by atoms with E-state index >= 15 is 0 Å². The second-order valence-corrected chi connectivity index (χ2v) is 7.07. The maximum absolute atomic E-state index is 11.5. The van der Waals surface area contributed by atoms with Crippen LogP contribution in [0.15, 0.2) is 18.2 Å². The molecule has 1 unspecified atom stereocenters. The molecule has 1 heterocycles. The smallest absolute Gasteiger partial charge is 0.169 e. The number of ether oxygens (including phenoxy) is 2. The van der Waals surface area contributed by atoms with Gasteiger partial charge in [0, 0.05) is 19.2 Å². The third-order valence-electron chi connectivity index (χ3n) is 4.86. The SMILES string of the molecule is CC(=O)C(C)Oc1cc(OCCCN2CCCCC2)ccc1CCCO. The number of rotatable bonds is 11. The summed E-state index contributed by atoms with van der Waals surface area (Å²) < 4.78 is 11.7. The second-order valence-electron chi connectivity index (χ2n) is 7.07. The van der Waals surface area contributed by atoms with Gasteiger partial charge in [-0.3, -0.25) is 4.79 Å². The third kappa shape index (κ3) is 6.96. The highest BCUT2D eigenvalue weighted by Gasteiger charge is 2.14. The van der Waals surface area contributed by atoms with Gasteiger partial charge < -0.3 is 19.5 Å². The van der Waals surface area contributed by atoms with Gasteiger partial charge in [-0.15, -0.1) is 0 Å². The number of benzene rings is 1. The molecule has 0 radical (unpaired) electrons. The Bertz CT molecular complexity index is 555. The van der Waals surface area contributed by atoms with E-state index in [0.29, 0.717) is 25.2 Å². The number of aliphatic hydroxyl groups is 1. The monoisotopic (exact) mass is 363 g/mol. The molecule has 1 aromatic rings. The Labute approximate surface area is 157 Å². The largest absolute Gasteiger partial charge is 0.493 e. The number of carbonyl (C=O) groups excluding carboxylic acids is 1. The molecule has 5 nitrogen and oxygen atoms in total. The molecular weight excluding hydrogens is 330 g/mol. The summed E-state index contributed by atoms with van der Waals surface area (Å²) in [5.74, 6) is 1.43. The number of carbonyl (C=O) groups is 1. The van der Waals surface area contributed by atoms with Crippen LogP contribution in [-0.2, 0) is 11.2 Å². The average Bonchev–Trinajstić information content (AvgIpc) is 2.65. The molecule has 0 saturated carbocycles. The van der Waals surface area contributed by atoms with E-state index < -0.39 is 6.10 Å². The van der Waals surface area contributed by atoms with Crippen LogP contribution in [0.1, 0.15) is 51.5 Å². The standard InChI is InChI=1S/C21H33NO4/c1-17(24)18(2)26-21-16-20(10-9-19(21)8-6-14-23)25-15-7-13-22-11-4-3-5-12-22/h9-10,16,18,23H,3-8,11-15H2,1-2H3. The number of aryl methyl sites for hydroxylation is 1. The minimum Gasteiger partial charge on any atom is -0.493 e. The predicted molar refractivity (Wildman–Crippen MR) is 103 cm³/mol. The minimum absolute atomic E-state index is 0.00837. The molecule has 1 aliphatic heterocycles. The lowest BCUT2D eigenvalue weighted by atomic mass is 10.1. The Balaban J connectivity index is 1.89. The minimum atomic E-state index is -0.489. The molecule has 26 heavy (non-hydrogen) atoms. The number of ketones is 1. The first-order valence-corrected chi connectivity index (χ1v) is 9.86. The fourth-order valence-corrected chi connectivity index (χ4v) is 3.15. The van der Waals surface area contributed by atoms with Crippen molar-refractivity contribution in [1.29, 1.82) is 0 Å². The average molecular weight is 363 g/mol. The Morgan fingerprint density at radius 2 is 2.00 bits per heavy atom. The van der Waals surface area contributed by atoms with Crippen LogP contribution < -0.4 is 9.47 Å². The molecule has 1 aliphatic rings. The first-order valence-electron chi connectivity index (χ1n) is 9.86. The normalized spacial score (nSPS) is 16.3. The van der Waals surface area contributed by atoms with Crippen LogP contribution in [-0.4, -0.2) is 54.7 Å². The van der Waals surface area contributed by atoms with Crippen LogP contribution in [0.4, 0.5) is 0 Å². The van der Waals surface area contributed by atoms with Crippen LogP contribution in [0.25, 0.3) is 0 Å². The van der Waals surface area contributed by atoms with Crippen molar-refractivity contribution in [2.24, 2.45) is 0 Å². The highest BCUT2D eigenvalue weighted by Crippen LogP contribution is 2.27. The zero-order valence-electron chi connectivity index (χ0n) is 16.2. The van der Waals surface area contributed by atoms with Crippen molar-refractivity contribution in [3.8, 4) is 11.5 Å². The molecule has 1 N–H and O–H groups in total. The zero-order valence-corrected chi connectivity index (χ0v) is 16.2. The highest BCUT2D eigenvalue weighted by atomic mass is 16.5. The van der Waals surface area contributed by atoms with Gasteiger partial charge in [0.05, 0.1) is 6.61 Å². The Kier molecular flexibility index (Phi) is 8.92. The van der Waals surface area contributed by atoms with Crippen LogP contribution in [0.5, 0.6) is 11.5 Å². The van der Waals surface area contributed by atoms with E-state index in [1.165, 1.54) is 39.3 Å². The van der Waals surface area contributed by atoms with Crippen molar-refractivity contribution >= 4 is 5.78 Å². The van der Waals surface area contributed by atoms with Crippen molar-refractivity contribution in [3.63, 3.8) is 0 Å². The lowest BCUT2D eigenvalue weighted by Gasteiger charge is -2.26. The zero-order chi connectivity index (χ0) is 18.8. The molecular formula is C21H33NO4. The van der Waals surface area contributed by atoms with Gasteiger partial charge in [-0.1, -0.05) is 12.5 Å². The van der Waals surface area contributed by atoms with Gasteiger partial charge >= 0.3 is 0 Å². The maximum Gasteiger partial charge on any atom is 0.169 e. The van der Waals surface area contributed by atoms with Crippen molar-refractivity contribution in [2.45, 2.75) is 58.5 Å². The highest BCUT2D eigenvalue weighted by molar-refractivity contribution is 5.80. The molecule has 0 aromatic heterocycles. The molecule has 5 heteroatoms. The number of aliphatic hydroxyl groups excluding tert-OH is 1. The lowest BCUT2D eigenvalue weighted by molar-refractivity contribution is -0.122. The Hall–Kier alpha value is -1.59. The topological polar surface area (TPSA) is 59.0 Å². The Morgan fingerprint density at radius 1 is 1.23 bits per heavy atom. The van der Waals surface area contributed by atoms with Gasteiger partial charge in [-0.25, -0.2) is 0 Å². The van der Waals surface area contributed by atoms with Crippen molar-refractivity contribution in [1.82, 2.24) is 4.90 Å². The third-order valence-corrected chi connectivity index (χ3v) is 4.86. The van der Waals surface area contributed by atoms with Crippen molar-refractivity contribution in [2.75, 3.05) is 32.8 Å². The molecule has 1 fully saturated rings. The molecule has 1 atom stereocenters. The summed E-state index contributed by atoms with van der Waals surface area (Å²) in [5.41, 5.74) is 0.993. The van der Waals surface area contributed by atoms with Gasteiger partial charge in [-0.05, 0) is 70.7 Å².